The maximum absolute atomic E-state index is 13.4. The molecular formula is C27H24Cl2NO8PS. The number of aromatic hydroxyl groups is 1. The quantitative estimate of drug-likeness (QED) is 0.233. The Kier molecular flexibility index (Phi) is 10.1. The van der Waals surface area contributed by atoms with Crippen LogP contribution in [0.4, 0.5) is 0 Å². The van der Waals surface area contributed by atoms with Crippen molar-refractivity contribution in [2.24, 2.45) is 0 Å². The smallest absolute Gasteiger partial charge is 0.326 e. The van der Waals surface area contributed by atoms with Crippen LogP contribution in [-0.2, 0) is 30.1 Å². The van der Waals surface area contributed by atoms with E-state index in [1.54, 1.807) is 13.0 Å². The van der Waals surface area contributed by atoms with E-state index in [0.717, 1.165) is 6.26 Å². The van der Waals surface area contributed by atoms with Gasteiger partial charge in [-0.3, -0.25) is 9.36 Å². The van der Waals surface area contributed by atoms with Gasteiger partial charge in [-0.2, -0.15) is 0 Å². The Morgan fingerprint density at radius 2 is 1.73 bits per heavy atom. The highest BCUT2D eigenvalue weighted by molar-refractivity contribution is 7.90. The van der Waals surface area contributed by atoms with Crippen LogP contribution in [0.1, 0.15) is 28.4 Å². The third-order valence-electron chi connectivity index (χ3n) is 5.47. The molecule has 0 spiro atoms. The summed E-state index contributed by atoms with van der Waals surface area (Å²) in [6.07, 6.45) is 0.827. The monoisotopic (exact) mass is 623 g/mol. The molecule has 1 amide bonds. The van der Waals surface area contributed by atoms with Gasteiger partial charge < -0.3 is 20.1 Å². The molecule has 3 aromatic carbocycles. The van der Waals surface area contributed by atoms with Crippen LogP contribution >= 0.6 is 30.6 Å². The van der Waals surface area contributed by atoms with Crippen molar-refractivity contribution in [3.05, 3.63) is 87.4 Å². The van der Waals surface area contributed by atoms with Gasteiger partial charge in [-0.25, -0.2) is 13.2 Å². The predicted octanol–water partition coefficient (Wildman–Crippen LogP) is 4.48. The molecule has 0 saturated carbocycles. The topological polar surface area (TPSA) is 147 Å². The average molecular weight is 624 g/mol. The Labute approximate surface area is 241 Å². The molecule has 0 aliphatic carbocycles. The molecule has 0 saturated heterocycles. The lowest BCUT2D eigenvalue weighted by Crippen LogP contribution is -2.42. The number of benzene rings is 3. The van der Waals surface area contributed by atoms with Gasteiger partial charge in [0.2, 0.25) is 0 Å². The lowest BCUT2D eigenvalue weighted by molar-refractivity contribution is -0.139. The Morgan fingerprint density at radius 1 is 1.07 bits per heavy atom. The zero-order chi connectivity index (χ0) is 29.7. The standard InChI is InChI=1S/C27H24Cl2NO8PS/c1-3-38-39(35,20-8-5-7-19(31)16-20)11-10-18-13-22(28)25(23(29)14-18)26(32)30-24(27(33)34)15-17-6-4-9-21(12-17)40(2,36)37/h4-9,12-14,16,24,31H,3,15H2,1-2H3,(H,30,32)(H,33,34). The van der Waals surface area contributed by atoms with Crippen LogP contribution in [-0.4, -0.2) is 49.4 Å². The van der Waals surface area contributed by atoms with E-state index in [-0.39, 0.29) is 50.1 Å². The Balaban J connectivity index is 1.87. The summed E-state index contributed by atoms with van der Waals surface area (Å²) in [7, 11) is -7.21. The molecule has 210 valence electrons. The van der Waals surface area contributed by atoms with E-state index in [2.05, 4.69) is 16.9 Å². The van der Waals surface area contributed by atoms with Crippen LogP contribution in [0.15, 0.2) is 65.6 Å². The summed E-state index contributed by atoms with van der Waals surface area (Å²) in [4.78, 5) is 24.9. The number of carbonyl (C=O) groups is 2. The van der Waals surface area contributed by atoms with E-state index in [1.165, 1.54) is 54.6 Å². The van der Waals surface area contributed by atoms with Crippen LogP contribution in [0, 0.1) is 11.6 Å². The van der Waals surface area contributed by atoms with Crippen molar-refractivity contribution in [3.63, 3.8) is 0 Å². The molecule has 9 nitrogen and oxygen atoms in total. The van der Waals surface area contributed by atoms with Gasteiger partial charge in [-0.15, -0.1) is 0 Å². The summed E-state index contributed by atoms with van der Waals surface area (Å²) < 4.78 is 42.4. The maximum Gasteiger partial charge on any atom is 0.326 e. The van der Waals surface area contributed by atoms with Crippen molar-refractivity contribution in [2.45, 2.75) is 24.3 Å². The number of hydrogen-bond donors (Lipinski definition) is 3. The van der Waals surface area contributed by atoms with Crippen LogP contribution in [0.25, 0.3) is 0 Å². The van der Waals surface area contributed by atoms with Crippen molar-refractivity contribution < 1.29 is 37.3 Å². The van der Waals surface area contributed by atoms with Gasteiger partial charge in [0.25, 0.3) is 5.91 Å². The molecule has 2 unspecified atom stereocenters. The fraction of sp³-hybridized carbons (Fsp3) is 0.185. The first-order valence-electron chi connectivity index (χ1n) is 11.6. The minimum Gasteiger partial charge on any atom is -0.508 e. The number of nitrogens with one attached hydrogen (secondary N) is 1. The van der Waals surface area contributed by atoms with E-state index < -0.39 is 35.1 Å². The Bertz CT molecular complexity index is 1660. The highest BCUT2D eigenvalue weighted by Crippen LogP contribution is 2.45. The second kappa shape index (κ2) is 12.9. The second-order valence-electron chi connectivity index (χ2n) is 8.53. The highest BCUT2D eigenvalue weighted by atomic mass is 35.5. The number of phenols is 1. The summed E-state index contributed by atoms with van der Waals surface area (Å²) in [5.41, 5.74) is 2.97. The third-order valence-corrected chi connectivity index (χ3v) is 9.16. The van der Waals surface area contributed by atoms with Gasteiger partial charge in [0, 0.05) is 18.2 Å². The molecule has 2 atom stereocenters. The van der Waals surface area contributed by atoms with Crippen molar-refractivity contribution in [1.82, 2.24) is 5.32 Å². The molecule has 0 bridgehead atoms. The Hall–Kier alpha value is -3.32. The van der Waals surface area contributed by atoms with E-state index >= 15 is 0 Å². The van der Waals surface area contributed by atoms with Crippen molar-refractivity contribution in [3.8, 4) is 17.3 Å². The third kappa shape index (κ3) is 7.87. The number of carboxylic acid groups (broad SMARTS) is 1. The molecule has 0 radical (unpaired) electrons. The normalized spacial score (nSPS) is 13.4. The number of aliphatic carboxylic acids is 1. The summed E-state index contributed by atoms with van der Waals surface area (Å²) in [5, 5.41) is 21.7. The first kappa shape index (κ1) is 31.2. The lowest BCUT2D eigenvalue weighted by Gasteiger charge is -2.16. The van der Waals surface area contributed by atoms with E-state index in [1.807, 2.05) is 0 Å². The number of rotatable bonds is 9. The molecule has 3 N–H and O–H groups in total. The van der Waals surface area contributed by atoms with Crippen LogP contribution in [0.3, 0.4) is 0 Å². The SMILES string of the molecule is CCOP(=O)(C#Cc1cc(Cl)c(C(=O)NC(Cc2cccc(S(C)(=O)=O)c2)C(=O)O)c(Cl)c1)c1cccc(O)c1. The van der Waals surface area contributed by atoms with Crippen molar-refractivity contribution in [2.75, 3.05) is 12.9 Å². The summed E-state index contributed by atoms with van der Waals surface area (Å²) in [5.74, 6) is 0.344. The molecular weight excluding hydrogens is 600 g/mol. The van der Waals surface area contributed by atoms with Crippen molar-refractivity contribution >= 4 is 57.6 Å². The molecule has 0 aromatic heterocycles. The number of sulfone groups is 1. The second-order valence-corrected chi connectivity index (χ2v) is 13.5. The minimum atomic E-state index is -3.69. The van der Waals surface area contributed by atoms with Crippen LogP contribution in [0.2, 0.25) is 10.0 Å². The number of phenolic OH excluding ortho intramolecular Hbond substituents is 1. The predicted molar refractivity (Wildman–Crippen MR) is 152 cm³/mol. The molecule has 13 heteroatoms. The fourth-order valence-electron chi connectivity index (χ4n) is 3.60. The van der Waals surface area contributed by atoms with Crippen LogP contribution < -0.4 is 10.6 Å². The fourth-order valence-corrected chi connectivity index (χ4v) is 6.52. The van der Waals surface area contributed by atoms with E-state index in [9.17, 15) is 32.8 Å². The molecule has 0 fully saturated rings. The van der Waals surface area contributed by atoms with Gasteiger partial charge in [0.1, 0.15) is 11.8 Å². The molecule has 3 aromatic rings. The molecule has 0 aliphatic rings. The molecule has 40 heavy (non-hydrogen) atoms. The average Bonchev–Trinajstić information content (AvgIpc) is 2.86. The van der Waals surface area contributed by atoms with E-state index in [4.69, 9.17) is 27.7 Å². The number of amides is 1. The highest BCUT2D eigenvalue weighted by Gasteiger charge is 2.26. The van der Waals surface area contributed by atoms with Crippen molar-refractivity contribution in [1.29, 1.82) is 0 Å². The molecule has 0 heterocycles. The van der Waals surface area contributed by atoms with Gasteiger partial charge in [-0.1, -0.05) is 47.3 Å². The van der Waals surface area contributed by atoms with Gasteiger partial charge in [0.05, 0.1) is 32.4 Å². The minimum absolute atomic E-state index is 0.0150. The maximum atomic E-state index is 13.4. The van der Waals surface area contributed by atoms with Crippen LogP contribution in [0.5, 0.6) is 5.75 Å². The van der Waals surface area contributed by atoms with Gasteiger partial charge in [0.15, 0.2) is 9.84 Å². The van der Waals surface area contributed by atoms with Gasteiger partial charge in [-0.05, 0) is 60.6 Å². The Morgan fingerprint density at radius 3 is 2.30 bits per heavy atom. The molecule has 0 aliphatic heterocycles. The first-order chi connectivity index (χ1) is 18.7. The number of carboxylic acids is 1. The summed E-state index contributed by atoms with van der Waals surface area (Å²) >= 11 is 12.6. The van der Waals surface area contributed by atoms with Gasteiger partial charge >= 0.3 is 13.3 Å². The largest absolute Gasteiger partial charge is 0.508 e. The zero-order valence-corrected chi connectivity index (χ0v) is 24.4. The summed E-state index contributed by atoms with van der Waals surface area (Å²) in [6.45, 7) is 1.73. The molecule has 3 rings (SSSR count). The summed E-state index contributed by atoms with van der Waals surface area (Å²) in [6, 6.07) is 12.6. The first-order valence-corrected chi connectivity index (χ1v) is 15.9. The number of hydrogen-bond acceptors (Lipinski definition) is 7. The zero-order valence-electron chi connectivity index (χ0n) is 21.2. The lowest BCUT2D eigenvalue weighted by atomic mass is 10.0. The number of carbonyl (C=O) groups excluding carboxylic acids is 1. The number of halogens is 2. The van der Waals surface area contributed by atoms with E-state index in [0.29, 0.717) is 5.56 Å².